The fourth-order valence-corrected chi connectivity index (χ4v) is 4.59. The largest absolute Gasteiger partial charge is 0.386 e. The molecule has 9 heteroatoms. The highest BCUT2D eigenvalue weighted by atomic mass is 35.5. The summed E-state index contributed by atoms with van der Waals surface area (Å²) < 4.78 is 25.8. The van der Waals surface area contributed by atoms with Crippen LogP contribution >= 0.6 is 24.8 Å². The van der Waals surface area contributed by atoms with Gasteiger partial charge in [0.25, 0.3) is 0 Å². The number of hydrogen-bond donors (Lipinski definition) is 3. The van der Waals surface area contributed by atoms with E-state index >= 15 is 0 Å². The van der Waals surface area contributed by atoms with Gasteiger partial charge in [0.2, 0.25) is 10.0 Å². The molecule has 5 rings (SSSR count). The van der Waals surface area contributed by atoms with Crippen LogP contribution in [0.25, 0.3) is 32.6 Å². The van der Waals surface area contributed by atoms with Crippen LogP contribution in [0.5, 0.6) is 0 Å². The van der Waals surface area contributed by atoms with Crippen LogP contribution in [0.15, 0.2) is 78.9 Å². The summed E-state index contributed by atoms with van der Waals surface area (Å²) in [7, 11) is -1.55. The van der Waals surface area contributed by atoms with E-state index < -0.39 is 10.0 Å². The fourth-order valence-electron chi connectivity index (χ4n) is 4.03. The van der Waals surface area contributed by atoms with Crippen LogP contribution in [0.3, 0.4) is 0 Å². The number of hydrogen-bond acceptors (Lipinski definition) is 5. The predicted molar refractivity (Wildman–Crippen MR) is 149 cm³/mol. The summed E-state index contributed by atoms with van der Waals surface area (Å²) in [6.45, 7) is 0. The molecule has 1 aromatic heterocycles. The van der Waals surface area contributed by atoms with Gasteiger partial charge < -0.3 is 10.6 Å². The summed E-state index contributed by atoms with van der Waals surface area (Å²) in [4.78, 5) is 4.97. The molecule has 5 aromatic rings. The molecule has 0 spiro atoms. The number of para-hydroxylation sites is 1. The molecule has 6 nitrogen and oxygen atoms in total. The lowest BCUT2D eigenvalue weighted by atomic mass is 10.0. The first-order valence-corrected chi connectivity index (χ1v) is 12.1. The number of pyridine rings is 1. The molecule has 0 aliphatic rings. The SMILES string of the molecule is CNc1cc(NS(C)(=O)=O)ccc1Nc1c2ccccc2nc2c1ccc1ccccc12.Cl.Cl. The Balaban J connectivity index is 0.00000162. The average molecular weight is 515 g/mol. The number of rotatable bonds is 5. The smallest absolute Gasteiger partial charge is 0.229 e. The summed E-state index contributed by atoms with van der Waals surface area (Å²) in [6.07, 6.45) is 1.14. The Morgan fingerprint density at radius 3 is 2.21 bits per heavy atom. The molecule has 0 radical (unpaired) electrons. The third-order valence-corrected chi connectivity index (χ3v) is 6.03. The lowest BCUT2D eigenvalue weighted by molar-refractivity contribution is 0.607. The Morgan fingerprint density at radius 1 is 0.765 bits per heavy atom. The molecule has 0 fully saturated rings. The number of nitrogens with one attached hydrogen (secondary N) is 3. The number of halogens is 2. The van der Waals surface area contributed by atoms with Crippen LogP contribution in [-0.4, -0.2) is 26.7 Å². The number of aromatic nitrogens is 1. The van der Waals surface area contributed by atoms with E-state index in [0.717, 1.165) is 55.9 Å². The molecule has 0 amide bonds. The molecule has 1 heterocycles. The van der Waals surface area contributed by atoms with Gasteiger partial charge in [0.15, 0.2) is 0 Å². The van der Waals surface area contributed by atoms with Crippen molar-refractivity contribution in [3.63, 3.8) is 0 Å². The van der Waals surface area contributed by atoms with Gasteiger partial charge >= 0.3 is 0 Å². The number of nitrogens with zero attached hydrogens (tertiary/aromatic N) is 1. The number of sulfonamides is 1. The first kappa shape index (κ1) is 25.4. The summed E-state index contributed by atoms with van der Waals surface area (Å²) in [5.74, 6) is 0. The van der Waals surface area contributed by atoms with E-state index in [1.165, 1.54) is 0 Å². The van der Waals surface area contributed by atoms with Gasteiger partial charge in [0.05, 0.1) is 40.0 Å². The standard InChI is InChI=1S/C25H22N4O2S.2ClH/c1-26-23-15-17(29-32(2,30)31)12-14-22(23)28-25-19-9-5-6-10-21(19)27-24-18-8-4-3-7-16(18)11-13-20(24)25;;/h3-15,26,29H,1-2H3,(H,27,28);2*1H. The van der Waals surface area contributed by atoms with Gasteiger partial charge in [-0.1, -0.05) is 54.6 Å². The minimum atomic E-state index is -3.36. The van der Waals surface area contributed by atoms with E-state index in [-0.39, 0.29) is 24.8 Å². The van der Waals surface area contributed by atoms with Gasteiger partial charge in [0, 0.05) is 23.2 Å². The summed E-state index contributed by atoms with van der Waals surface area (Å²) >= 11 is 0. The van der Waals surface area contributed by atoms with Gasteiger partial charge in [-0.25, -0.2) is 13.4 Å². The number of benzene rings is 4. The van der Waals surface area contributed by atoms with Crippen LogP contribution < -0.4 is 15.4 Å². The predicted octanol–water partition coefficient (Wildman–Crippen LogP) is 6.54. The zero-order chi connectivity index (χ0) is 22.3. The van der Waals surface area contributed by atoms with E-state index in [1.54, 1.807) is 19.2 Å². The highest BCUT2D eigenvalue weighted by Gasteiger charge is 2.14. The maximum Gasteiger partial charge on any atom is 0.229 e. The number of fused-ring (bicyclic) bond motifs is 4. The molecule has 0 bridgehead atoms. The monoisotopic (exact) mass is 514 g/mol. The van der Waals surface area contributed by atoms with Crippen molar-refractivity contribution in [2.75, 3.05) is 28.7 Å². The molecule has 0 unspecified atom stereocenters. The molecule has 4 aromatic carbocycles. The van der Waals surface area contributed by atoms with Crippen molar-refractivity contribution >= 4 is 90.2 Å². The van der Waals surface area contributed by atoms with Crippen LogP contribution in [0.2, 0.25) is 0 Å². The second kappa shape index (κ2) is 9.93. The molecule has 0 aliphatic carbocycles. The molecule has 3 N–H and O–H groups in total. The molecular weight excluding hydrogens is 491 g/mol. The zero-order valence-electron chi connectivity index (χ0n) is 18.5. The normalized spacial score (nSPS) is 11.0. The van der Waals surface area contributed by atoms with E-state index in [4.69, 9.17) is 4.98 Å². The first-order valence-electron chi connectivity index (χ1n) is 10.2. The van der Waals surface area contributed by atoms with Crippen LogP contribution in [0.4, 0.5) is 22.7 Å². The van der Waals surface area contributed by atoms with Gasteiger partial charge in [-0.3, -0.25) is 4.72 Å². The third kappa shape index (κ3) is 4.82. The number of anilines is 4. The molecule has 0 atom stereocenters. The second-order valence-electron chi connectivity index (χ2n) is 7.70. The molecule has 0 saturated heterocycles. The zero-order valence-corrected chi connectivity index (χ0v) is 20.9. The summed E-state index contributed by atoms with van der Waals surface area (Å²) in [5, 5.41) is 11.0. The minimum Gasteiger partial charge on any atom is -0.386 e. The maximum absolute atomic E-state index is 11.6. The lowest BCUT2D eigenvalue weighted by Crippen LogP contribution is -2.10. The Morgan fingerprint density at radius 2 is 1.47 bits per heavy atom. The fraction of sp³-hybridized carbons (Fsp3) is 0.0800. The topological polar surface area (TPSA) is 83.1 Å². The average Bonchev–Trinajstić information content (AvgIpc) is 2.78. The van der Waals surface area contributed by atoms with E-state index in [1.807, 2.05) is 36.4 Å². The van der Waals surface area contributed by atoms with Crippen molar-refractivity contribution in [1.82, 2.24) is 4.98 Å². The quantitative estimate of drug-likeness (QED) is 0.183. The second-order valence-corrected chi connectivity index (χ2v) is 9.44. The lowest BCUT2D eigenvalue weighted by Gasteiger charge is -2.18. The van der Waals surface area contributed by atoms with Crippen molar-refractivity contribution in [2.24, 2.45) is 0 Å². The van der Waals surface area contributed by atoms with Crippen molar-refractivity contribution in [2.45, 2.75) is 0 Å². The van der Waals surface area contributed by atoms with Crippen molar-refractivity contribution in [3.05, 3.63) is 78.9 Å². The Labute approximate surface area is 210 Å². The highest BCUT2D eigenvalue weighted by Crippen LogP contribution is 2.38. The van der Waals surface area contributed by atoms with Crippen molar-refractivity contribution in [1.29, 1.82) is 0 Å². The first-order chi connectivity index (χ1) is 15.4. The summed E-state index contributed by atoms with van der Waals surface area (Å²) in [6, 6.07) is 25.9. The molecule has 0 saturated carbocycles. The van der Waals surface area contributed by atoms with Crippen molar-refractivity contribution < 1.29 is 8.42 Å². The molecule has 34 heavy (non-hydrogen) atoms. The van der Waals surface area contributed by atoms with Crippen LogP contribution in [0, 0.1) is 0 Å². The van der Waals surface area contributed by atoms with Gasteiger partial charge in [-0.05, 0) is 29.7 Å². The van der Waals surface area contributed by atoms with Gasteiger partial charge in [-0.2, -0.15) is 0 Å². The third-order valence-electron chi connectivity index (χ3n) is 5.43. The van der Waals surface area contributed by atoms with Crippen LogP contribution in [-0.2, 0) is 10.0 Å². The van der Waals surface area contributed by atoms with Gasteiger partial charge in [-0.15, -0.1) is 24.8 Å². The Kier molecular flexibility index (Phi) is 7.41. The van der Waals surface area contributed by atoms with Crippen molar-refractivity contribution in [3.8, 4) is 0 Å². The van der Waals surface area contributed by atoms with E-state index in [2.05, 4.69) is 45.7 Å². The molecule has 176 valence electrons. The highest BCUT2D eigenvalue weighted by molar-refractivity contribution is 7.92. The van der Waals surface area contributed by atoms with E-state index in [9.17, 15) is 8.42 Å². The Hall–Kier alpha value is -3.26. The molecule has 0 aliphatic heterocycles. The maximum atomic E-state index is 11.6. The molecular formula is C25H24Cl2N4O2S. The van der Waals surface area contributed by atoms with Crippen LogP contribution in [0.1, 0.15) is 0 Å². The summed E-state index contributed by atoms with van der Waals surface area (Å²) in [5.41, 5.74) is 4.89. The van der Waals surface area contributed by atoms with Gasteiger partial charge in [0.1, 0.15) is 0 Å². The Bertz CT molecular complexity index is 1610. The minimum absolute atomic E-state index is 0. The van der Waals surface area contributed by atoms with E-state index in [0.29, 0.717) is 5.69 Å².